The number of hydrogen-bond acceptors (Lipinski definition) is 2. The fourth-order valence-corrected chi connectivity index (χ4v) is 2.55. The Balaban J connectivity index is 2.05. The number of aryl methyl sites for hydroxylation is 2. The highest BCUT2D eigenvalue weighted by molar-refractivity contribution is 6.30. The van der Waals surface area contributed by atoms with Crippen molar-refractivity contribution in [2.24, 2.45) is 0 Å². The first-order valence-corrected chi connectivity index (χ1v) is 7.10. The van der Waals surface area contributed by atoms with Crippen molar-refractivity contribution in [3.05, 3.63) is 28.3 Å². The molecule has 2 nitrogen and oxygen atoms in total. The van der Waals surface area contributed by atoms with Gasteiger partial charge in [-0.2, -0.15) is 0 Å². The summed E-state index contributed by atoms with van der Waals surface area (Å²) >= 11 is 6.04. The minimum Gasteiger partial charge on any atom is -0.485 e. The van der Waals surface area contributed by atoms with Crippen molar-refractivity contribution in [2.45, 2.75) is 45.6 Å². The average Bonchev–Trinajstić information content (AvgIpc) is 3.05. The summed E-state index contributed by atoms with van der Waals surface area (Å²) in [5, 5.41) is 4.24. The molecule has 1 aromatic carbocycles. The molecule has 2 rings (SSSR count). The molecule has 0 amide bonds. The lowest BCUT2D eigenvalue weighted by Gasteiger charge is -2.22. The highest BCUT2D eigenvalue weighted by Gasteiger charge is 2.45. The third-order valence-corrected chi connectivity index (χ3v) is 3.64. The highest BCUT2D eigenvalue weighted by Crippen LogP contribution is 2.42. The smallest absolute Gasteiger partial charge is 0.126 e. The van der Waals surface area contributed by atoms with Gasteiger partial charge >= 0.3 is 0 Å². The van der Waals surface area contributed by atoms with Gasteiger partial charge in [0.1, 0.15) is 11.4 Å². The molecule has 0 heterocycles. The Kier molecular flexibility index (Phi) is 4.18. The van der Waals surface area contributed by atoms with E-state index in [9.17, 15) is 0 Å². The van der Waals surface area contributed by atoms with Gasteiger partial charge in [-0.3, -0.25) is 0 Å². The lowest BCUT2D eigenvalue weighted by molar-refractivity contribution is 0.173. The van der Waals surface area contributed by atoms with E-state index >= 15 is 0 Å². The van der Waals surface area contributed by atoms with Crippen molar-refractivity contribution in [2.75, 3.05) is 13.1 Å². The molecule has 0 saturated heterocycles. The molecule has 1 aromatic rings. The van der Waals surface area contributed by atoms with Crippen LogP contribution < -0.4 is 10.1 Å². The van der Waals surface area contributed by atoms with E-state index in [0.29, 0.717) is 0 Å². The van der Waals surface area contributed by atoms with Crippen LogP contribution in [-0.2, 0) is 0 Å². The van der Waals surface area contributed by atoms with Gasteiger partial charge in [-0.1, -0.05) is 18.5 Å². The van der Waals surface area contributed by atoms with Crippen LogP contribution in [0.3, 0.4) is 0 Å². The van der Waals surface area contributed by atoms with Crippen molar-refractivity contribution >= 4 is 11.6 Å². The lowest BCUT2D eigenvalue weighted by Crippen LogP contribution is -2.34. The van der Waals surface area contributed by atoms with E-state index in [-0.39, 0.29) is 5.60 Å². The summed E-state index contributed by atoms with van der Waals surface area (Å²) in [6.07, 6.45) is 3.45. The first-order chi connectivity index (χ1) is 8.56. The summed E-state index contributed by atoms with van der Waals surface area (Å²) in [4.78, 5) is 0. The quantitative estimate of drug-likeness (QED) is 0.790. The molecule has 0 unspecified atom stereocenters. The van der Waals surface area contributed by atoms with Gasteiger partial charge in [-0.25, -0.2) is 0 Å². The summed E-state index contributed by atoms with van der Waals surface area (Å²) in [7, 11) is 0. The Morgan fingerprint density at radius 3 is 2.39 bits per heavy atom. The Morgan fingerprint density at radius 1 is 1.28 bits per heavy atom. The number of ether oxygens (including phenoxy) is 1. The zero-order chi connectivity index (χ0) is 13.2. The molecule has 18 heavy (non-hydrogen) atoms. The molecule has 1 aliphatic carbocycles. The van der Waals surface area contributed by atoms with Crippen LogP contribution in [0.1, 0.15) is 37.3 Å². The monoisotopic (exact) mass is 267 g/mol. The van der Waals surface area contributed by atoms with Crippen molar-refractivity contribution < 1.29 is 4.74 Å². The Bertz CT molecular complexity index is 403. The van der Waals surface area contributed by atoms with E-state index < -0.39 is 0 Å². The SMILES string of the molecule is CCCNCC1(Oc2c(C)cc(Cl)cc2C)CC1. The molecule has 1 saturated carbocycles. The van der Waals surface area contributed by atoms with Crippen LogP contribution in [0, 0.1) is 13.8 Å². The van der Waals surface area contributed by atoms with Crippen LogP contribution in [-0.4, -0.2) is 18.7 Å². The molecule has 1 fully saturated rings. The van der Waals surface area contributed by atoms with Crippen molar-refractivity contribution in [3.63, 3.8) is 0 Å². The van der Waals surface area contributed by atoms with Crippen LogP contribution in [0.15, 0.2) is 12.1 Å². The zero-order valence-electron chi connectivity index (χ0n) is 11.5. The first-order valence-electron chi connectivity index (χ1n) is 6.73. The van der Waals surface area contributed by atoms with E-state index in [0.717, 1.165) is 54.3 Å². The van der Waals surface area contributed by atoms with E-state index in [1.165, 1.54) is 0 Å². The Labute approximate surface area is 115 Å². The third-order valence-electron chi connectivity index (χ3n) is 3.43. The van der Waals surface area contributed by atoms with Gasteiger partial charge in [0.2, 0.25) is 0 Å². The minimum absolute atomic E-state index is 0.0263. The zero-order valence-corrected chi connectivity index (χ0v) is 12.2. The summed E-state index contributed by atoms with van der Waals surface area (Å²) in [6, 6.07) is 3.94. The molecular formula is C15H22ClNO. The third kappa shape index (κ3) is 3.18. The van der Waals surface area contributed by atoms with Crippen LogP contribution in [0.2, 0.25) is 5.02 Å². The molecule has 0 aromatic heterocycles. The van der Waals surface area contributed by atoms with Crippen molar-refractivity contribution in [1.82, 2.24) is 5.32 Å². The van der Waals surface area contributed by atoms with Gasteiger partial charge in [-0.05, 0) is 62.9 Å². The van der Waals surface area contributed by atoms with Gasteiger partial charge in [-0.15, -0.1) is 0 Å². The summed E-state index contributed by atoms with van der Waals surface area (Å²) in [5.41, 5.74) is 2.28. The van der Waals surface area contributed by atoms with Gasteiger partial charge < -0.3 is 10.1 Å². The van der Waals surface area contributed by atoms with Gasteiger partial charge in [0.15, 0.2) is 0 Å². The lowest BCUT2D eigenvalue weighted by atomic mass is 10.1. The summed E-state index contributed by atoms with van der Waals surface area (Å²) < 4.78 is 6.25. The maximum absolute atomic E-state index is 6.25. The molecule has 3 heteroatoms. The summed E-state index contributed by atoms with van der Waals surface area (Å²) in [6.45, 7) is 8.31. The summed E-state index contributed by atoms with van der Waals surface area (Å²) in [5.74, 6) is 1.01. The molecule has 100 valence electrons. The topological polar surface area (TPSA) is 21.3 Å². The molecule has 0 spiro atoms. The minimum atomic E-state index is 0.0263. The van der Waals surface area contributed by atoms with E-state index in [1.54, 1.807) is 0 Å². The fraction of sp³-hybridized carbons (Fsp3) is 0.600. The van der Waals surface area contributed by atoms with E-state index in [2.05, 4.69) is 26.1 Å². The maximum atomic E-state index is 6.25. The Hall–Kier alpha value is -0.730. The number of nitrogens with one attached hydrogen (secondary N) is 1. The molecule has 1 N–H and O–H groups in total. The second-order valence-electron chi connectivity index (χ2n) is 5.33. The highest BCUT2D eigenvalue weighted by atomic mass is 35.5. The van der Waals surface area contributed by atoms with Crippen molar-refractivity contribution in [3.8, 4) is 5.75 Å². The number of rotatable bonds is 6. The predicted octanol–water partition coefficient (Wildman–Crippen LogP) is 3.87. The van der Waals surface area contributed by atoms with E-state index in [4.69, 9.17) is 16.3 Å². The number of hydrogen-bond donors (Lipinski definition) is 1. The predicted molar refractivity (Wildman–Crippen MR) is 76.7 cm³/mol. The van der Waals surface area contributed by atoms with Crippen LogP contribution in [0.4, 0.5) is 0 Å². The number of benzene rings is 1. The number of halogens is 1. The Morgan fingerprint density at radius 2 is 1.89 bits per heavy atom. The average molecular weight is 268 g/mol. The molecular weight excluding hydrogens is 246 g/mol. The van der Waals surface area contributed by atoms with Gasteiger partial charge in [0, 0.05) is 11.6 Å². The fourth-order valence-electron chi connectivity index (χ4n) is 2.22. The second-order valence-corrected chi connectivity index (χ2v) is 5.77. The molecule has 0 atom stereocenters. The molecule has 0 radical (unpaired) electrons. The van der Waals surface area contributed by atoms with Gasteiger partial charge in [0.25, 0.3) is 0 Å². The van der Waals surface area contributed by atoms with Crippen LogP contribution >= 0.6 is 11.6 Å². The van der Waals surface area contributed by atoms with E-state index in [1.807, 2.05) is 12.1 Å². The largest absolute Gasteiger partial charge is 0.485 e. The first kappa shape index (κ1) is 13.7. The molecule has 0 bridgehead atoms. The van der Waals surface area contributed by atoms with Crippen LogP contribution in [0.25, 0.3) is 0 Å². The normalized spacial score (nSPS) is 16.7. The second kappa shape index (κ2) is 5.50. The van der Waals surface area contributed by atoms with Crippen molar-refractivity contribution in [1.29, 1.82) is 0 Å². The molecule has 0 aliphatic heterocycles. The maximum Gasteiger partial charge on any atom is 0.126 e. The molecule has 1 aliphatic rings. The van der Waals surface area contributed by atoms with Crippen LogP contribution in [0.5, 0.6) is 5.75 Å². The van der Waals surface area contributed by atoms with Gasteiger partial charge in [0.05, 0.1) is 0 Å². The standard InChI is InChI=1S/C15H22ClNO/c1-4-7-17-10-15(5-6-15)18-14-11(2)8-13(16)9-12(14)3/h8-9,17H,4-7,10H2,1-3H3.